The van der Waals surface area contributed by atoms with Gasteiger partial charge in [0.2, 0.25) is 0 Å². The van der Waals surface area contributed by atoms with E-state index in [4.69, 9.17) is 11.6 Å². The molecule has 80 valence electrons. The number of rotatable bonds is 4. The van der Waals surface area contributed by atoms with Crippen LogP contribution in [0.4, 0.5) is 0 Å². The molecule has 1 rings (SSSR count). The Morgan fingerprint density at radius 2 is 2.29 bits per heavy atom. The van der Waals surface area contributed by atoms with E-state index in [1.54, 1.807) is 0 Å². The van der Waals surface area contributed by atoms with E-state index in [-0.39, 0.29) is 10.0 Å². The van der Waals surface area contributed by atoms with Crippen LogP contribution in [-0.4, -0.2) is 24.7 Å². The van der Waals surface area contributed by atoms with Crippen molar-refractivity contribution in [2.45, 2.75) is 18.4 Å². The van der Waals surface area contributed by atoms with Gasteiger partial charge in [-0.15, -0.1) is 0 Å². The van der Waals surface area contributed by atoms with Crippen LogP contribution in [0.1, 0.15) is 13.3 Å². The molecule has 0 aliphatic rings. The minimum Gasteiger partial charge on any atom is -0.255 e. The van der Waals surface area contributed by atoms with Crippen molar-refractivity contribution < 1.29 is 8.42 Å². The molecule has 0 spiro atoms. The number of nitrogens with zero attached hydrogens (tertiary/aromatic N) is 2. The van der Waals surface area contributed by atoms with Crippen LogP contribution < -0.4 is 4.72 Å². The Kier molecular flexibility index (Phi) is 3.52. The Morgan fingerprint density at radius 3 is 2.71 bits per heavy atom. The van der Waals surface area contributed by atoms with Crippen LogP contribution in [0.25, 0.3) is 0 Å². The predicted octanol–water partition coefficient (Wildman–Crippen LogP) is 0.762. The number of hydrogen-bond acceptors (Lipinski definition) is 3. The molecule has 0 unspecified atom stereocenters. The van der Waals surface area contributed by atoms with Gasteiger partial charge in [0.15, 0.2) is 5.03 Å². The summed E-state index contributed by atoms with van der Waals surface area (Å²) in [6, 6.07) is 0. The molecule has 0 saturated heterocycles. The molecule has 0 aliphatic heterocycles. The van der Waals surface area contributed by atoms with Gasteiger partial charge in [-0.05, 0) is 6.42 Å². The van der Waals surface area contributed by atoms with E-state index < -0.39 is 10.0 Å². The van der Waals surface area contributed by atoms with Crippen LogP contribution in [-0.2, 0) is 17.1 Å². The van der Waals surface area contributed by atoms with Crippen LogP contribution in [0.3, 0.4) is 0 Å². The van der Waals surface area contributed by atoms with Gasteiger partial charge in [-0.3, -0.25) is 4.68 Å². The van der Waals surface area contributed by atoms with Gasteiger partial charge in [-0.25, -0.2) is 13.1 Å². The van der Waals surface area contributed by atoms with Gasteiger partial charge in [0, 0.05) is 13.6 Å². The van der Waals surface area contributed by atoms with Gasteiger partial charge in [0.25, 0.3) is 10.0 Å². The maximum absolute atomic E-state index is 11.6. The smallest absolute Gasteiger partial charge is 0.255 e. The van der Waals surface area contributed by atoms with Crippen molar-refractivity contribution in [2.24, 2.45) is 7.05 Å². The topological polar surface area (TPSA) is 64.0 Å². The molecular weight excluding hydrogens is 226 g/mol. The summed E-state index contributed by atoms with van der Waals surface area (Å²) in [4.78, 5) is 0. The first-order chi connectivity index (χ1) is 6.49. The summed E-state index contributed by atoms with van der Waals surface area (Å²) in [6.45, 7) is 2.28. The molecule has 1 heterocycles. The zero-order chi connectivity index (χ0) is 10.8. The Morgan fingerprint density at radius 1 is 1.64 bits per heavy atom. The van der Waals surface area contributed by atoms with Crippen molar-refractivity contribution in [3.8, 4) is 0 Å². The van der Waals surface area contributed by atoms with Crippen molar-refractivity contribution in [3.63, 3.8) is 0 Å². The average molecular weight is 238 g/mol. The SMILES string of the molecule is CCCNS(=O)(=O)c1c(Cl)cnn1C. The Labute approximate surface area is 88.1 Å². The molecule has 0 atom stereocenters. The third-order valence-electron chi connectivity index (χ3n) is 1.64. The first-order valence-electron chi connectivity index (χ1n) is 4.16. The molecule has 5 nitrogen and oxygen atoms in total. The summed E-state index contributed by atoms with van der Waals surface area (Å²) in [5.41, 5.74) is 0. The van der Waals surface area contributed by atoms with E-state index in [1.807, 2.05) is 6.92 Å². The van der Waals surface area contributed by atoms with Gasteiger partial charge >= 0.3 is 0 Å². The minimum atomic E-state index is -3.52. The summed E-state index contributed by atoms with van der Waals surface area (Å²) < 4.78 is 26.9. The number of aryl methyl sites for hydroxylation is 1. The van der Waals surface area contributed by atoms with Crippen LogP contribution in [0.5, 0.6) is 0 Å². The fraction of sp³-hybridized carbons (Fsp3) is 0.571. The molecule has 14 heavy (non-hydrogen) atoms. The van der Waals surface area contributed by atoms with E-state index in [0.29, 0.717) is 6.54 Å². The number of halogens is 1. The van der Waals surface area contributed by atoms with Crippen molar-refractivity contribution in [1.82, 2.24) is 14.5 Å². The number of nitrogens with one attached hydrogen (secondary N) is 1. The zero-order valence-corrected chi connectivity index (χ0v) is 9.56. The van der Waals surface area contributed by atoms with Crippen LogP contribution in [0.2, 0.25) is 5.02 Å². The van der Waals surface area contributed by atoms with Crippen molar-refractivity contribution in [2.75, 3.05) is 6.54 Å². The van der Waals surface area contributed by atoms with Crippen LogP contribution in [0, 0.1) is 0 Å². The Bertz CT molecular complexity index is 393. The van der Waals surface area contributed by atoms with Gasteiger partial charge in [-0.2, -0.15) is 5.10 Å². The number of aromatic nitrogens is 2. The van der Waals surface area contributed by atoms with E-state index >= 15 is 0 Å². The van der Waals surface area contributed by atoms with Crippen molar-refractivity contribution >= 4 is 21.6 Å². The highest BCUT2D eigenvalue weighted by Gasteiger charge is 2.21. The van der Waals surface area contributed by atoms with E-state index in [1.165, 1.54) is 17.9 Å². The summed E-state index contributed by atoms with van der Waals surface area (Å²) in [5, 5.41) is 3.90. The summed E-state index contributed by atoms with van der Waals surface area (Å²) in [5.74, 6) is 0. The quantitative estimate of drug-likeness (QED) is 0.841. The van der Waals surface area contributed by atoms with E-state index in [0.717, 1.165) is 6.42 Å². The lowest BCUT2D eigenvalue weighted by Gasteiger charge is -2.05. The highest BCUT2D eigenvalue weighted by Crippen LogP contribution is 2.19. The van der Waals surface area contributed by atoms with Gasteiger partial charge in [0.05, 0.1) is 11.2 Å². The molecule has 0 aromatic carbocycles. The molecule has 1 N–H and O–H groups in total. The van der Waals surface area contributed by atoms with Crippen LogP contribution in [0.15, 0.2) is 11.2 Å². The molecule has 0 bridgehead atoms. The second kappa shape index (κ2) is 4.29. The summed E-state index contributed by atoms with van der Waals surface area (Å²) in [6.07, 6.45) is 2.04. The number of hydrogen-bond donors (Lipinski definition) is 1. The van der Waals surface area contributed by atoms with E-state index in [2.05, 4.69) is 9.82 Å². The van der Waals surface area contributed by atoms with Crippen molar-refractivity contribution in [1.29, 1.82) is 0 Å². The fourth-order valence-electron chi connectivity index (χ4n) is 1.01. The summed E-state index contributed by atoms with van der Waals surface area (Å²) in [7, 11) is -1.99. The molecule has 0 radical (unpaired) electrons. The lowest BCUT2D eigenvalue weighted by atomic mass is 10.5. The average Bonchev–Trinajstić information content (AvgIpc) is 2.43. The van der Waals surface area contributed by atoms with Crippen LogP contribution >= 0.6 is 11.6 Å². The second-order valence-electron chi connectivity index (χ2n) is 2.82. The lowest BCUT2D eigenvalue weighted by molar-refractivity contribution is 0.562. The molecular formula is C7H12ClN3O2S. The minimum absolute atomic E-state index is 0.00705. The fourth-order valence-corrected chi connectivity index (χ4v) is 2.79. The monoisotopic (exact) mass is 237 g/mol. The second-order valence-corrected chi connectivity index (χ2v) is 4.91. The molecule has 0 saturated carbocycles. The highest BCUT2D eigenvalue weighted by molar-refractivity contribution is 7.89. The Balaban J connectivity index is 3.04. The van der Waals surface area contributed by atoms with Gasteiger partial charge < -0.3 is 0 Å². The molecule has 0 fully saturated rings. The standard InChI is InChI=1S/C7H12ClN3O2S/c1-3-4-10-14(12,13)7-6(8)5-9-11(7)2/h5,10H,3-4H2,1-2H3. The lowest BCUT2D eigenvalue weighted by Crippen LogP contribution is -2.26. The maximum Gasteiger partial charge on any atom is 0.259 e. The largest absolute Gasteiger partial charge is 0.259 e. The first kappa shape index (κ1) is 11.5. The molecule has 0 aliphatic carbocycles. The molecule has 1 aromatic heterocycles. The van der Waals surface area contributed by atoms with Gasteiger partial charge in [0.1, 0.15) is 0 Å². The Hall–Kier alpha value is -0.590. The van der Waals surface area contributed by atoms with Crippen molar-refractivity contribution in [3.05, 3.63) is 11.2 Å². The zero-order valence-electron chi connectivity index (χ0n) is 7.99. The molecule has 7 heteroatoms. The molecule has 1 aromatic rings. The van der Waals surface area contributed by atoms with E-state index in [9.17, 15) is 8.42 Å². The third kappa shape index (κ3) is 2.26. The third-order valence-corrected chi connectivity index (χ3v) is 3.61. The molecule has 0 amide bonds. The maximum atomic E-state index is 11.6. The predicted molar refractivity (Wildman–Crippen MR) is 53.7 cm³/mol. The normalized spacial score (nSPS) is 11.9. The van der Waals surface area contributed by atoms with Gasteiger partial charge in [-0.1, -0.05) is 18.5 Å². The first-order valence-corrected chi connectivity index (χ1v) is 6.02. The highest BCUT2D eigenvalue weighted by atomic mass is 35.5. The summed E-state index contributed by atoms with van der Waals surface area (Å²) >= 11 is 5.71. The number of sulfonamides is 1.